The molecule has 0 bridgehead atoms. The van der Waals surface area contributed by atoms with Gasteiger partial charge in [0.25, 0.3) is 0 Å². The summed E-state index contributed by atoms with van der Waals surface area (Å²) in [5, 5.41) is 7.19. The zero-order valence-corrected chi connectivity index (χ0v) is 17.2. The summed E-state index contributed by atoms with van der Waals surface area (Å²) in [5.41, 5.74) is 1.71. The van der Waals surface area contributed by atoms with E-state index in [-0.39, 0.29) is 12.1 Å². The topological polar surface area (TPSA) is 44.4 Å². The standard InChI is InChI=1S/C19H20BrCl2N3O/c20-16-4-2-1-3-13(16)12-25(15-7-9-23-10-8-15)19(26)24-14-5-6-17(21)18(22)11-14/h1-6,11,15,23H,7-10,12H2,(H,24,26). The van der Waals surface area contributed by atoms with Gasteiger partial charge >= 0.3 is 6.03 Å². The first-order chi connectivity index (χ1) is 12.5. The van der Waals surface area contributed by atoms with Crippen LogP contribution in [0, 0.1) is 0 Å². The first-order valence-corrected chi connectivity index (χ1v) is 10.1. The molecule has 0 radical (unpaired) electrons. The molecule has 138 valence electrons. The Bertz CT molecular complexity index is 781. The zero-order valence-electron chi connectivity index (χ0n) is 14.1. The number of nitrogens with zero attached hydrogens (tertiary/aromatic N) is 1. The van der Waals surface area contributed by atoms with E-state index in [1.807, 2.05) is 29.2 Å². The van der Waals surface area contributed by atoms with Gasteiger partial charge in [-0.1, -0.05) is 57.3 Å². The molecule has 0 unspecified atom stereocenters. The van der Waals surface area contributed by atoms with E-state index in [4.69, 9.17) is 23.2 Å². The van der Waals surface area contributed by atoms with Crippen LogP contribution in [0.15, 0.2) is 46.9 Å². The molecule has 4 nitrogen and oxygen atoms in total. The number of nitrogens with one attached hydrogen (secondary N) is 2. The molecule has 26 heavy (non-hydrogen) atoms. The third-order valence-electron chi connectivity index (χ3n) is 4.48. The highest BCUT2D eigenvalue weighted by Gasteiger charge is 2.26. The Morgan fingerprint density at radius 3 is 2.58 bits per heavy atom. The number of carbonyl (C=O) groups is 1. The van der Waals surface area contributed by atoms with Gasteiger partial charge in [-0.2, -0.15) is 0 Å². The fraction of sp³-hybridized carbons (Fsp3) is 0.316. The highest BCUT2D eigenvalue weighted by Crippen LogP contribution is 2.26. The number of benzene rings is 2. The lowest BCUT2D eigenvalue weighted by Crippen LogP contribution is -2.47. The van der Waals surface area contributed by atoms with E-state index in [0.717, 1.165) is 36.0 Å². The van der Waals surface area contributed by atoms with E-state index in [1.165, 1.54) is 0 Å². The SMILES string of the molecule is O=C(Nc1ccc(Cl)c(Cl)c1)N(Cc1ccccc1Br)C1CCNCC1. The molecule has 7 heteroatoms. The van der Waals surface area contributed by atoms with Crippen LogP contribution in [0.1, 0.15) is 18.4 Å². The Kier molecular flexibility index (Phi) is 6.81. The predicted octanol–water partition coefficient (Wildman–Crippen LogP) is 5.54. The third kappa shape index (κ3) is 4.92. The van der Waals surface area contributed by atoms with Crippen LogP contribution >= 0.6 is 39.1 Å². The average molecular weight is 457 g/mol. The Morgan fingerprint density at radius 2 is 1.88 bits per heavy atom. The number of rotatable bonds is 4. The van der Waals surface area contributed by atoms with Gasteiger partial charge in [0, 0.05) is 22.7 Å². The van der Waals surface area contributed by atoms with Gasteiger partial charge < -0.3 is 15.5 Å². The van der Waals surface area contributed by atoms with Crippen molar-refractivity contribution < 1.29 is 4.79 Å². The Labute approximate surface area is 172 Å². The van der Waals surface area contributed by atoms with E-state index in [0.29, 0.717) is 22.3 Å². The number of piperidine rings is 1. The number of amides is 2. The van der Waals surface area contributed by atoms with Crippen LogP contribution in [0.2, 0.25) is 10.0 Å². The minimum Gasteiger partial charge on any atom is -0.317 e. The monoisotopic (exact) mass is 455 g/mol. The summed E-state index contributed by atoms with van der Waals surface area (Å²) in [5.74, 6) is 0. The fourth-order valence-corrected chi connectivity index (χ4v) is 3.77. The van der Waals surface area contributed by atoms with Crippen molar-refractivity contribution in [2.24, 2.45) is 0 Å². The molecule has 0 saturated carbocycles. The number of urea groups is 1. The maximum absolute atomic E-state index is 13.0. The molecule has 1 aliphatic rings. The average Bonchev–Trinajstić information content (AvgIpc) is 2.64. The van der Waals surface area contributed by atoms with Crippen molar-refractivity contribution in [2.45, 2.75) is 25.4 Å². The molecule has 0 spiro atoms. The second-order valence-electron chi connectivity index (χ2n) is 6.26. The molecule has 1 heterocycles. The van der Waals surface area contributed by atoms with E-state index in [1.54, 1.807) is 18.2 Å². The quantitative estimate of drug-likeness (QED) is 0.634. The smallest absolute Gasteiger partial charge is 0.317 e. The molecule has 1 aliphatic heterocycles. The van der Waals surface area contributed by atoms with Gasteiger partial charge in [-0.25, -0.2) is 4.79 Å². The number of carbonyl (C=O) groups excluding carboxylic acids is 1. The van der Waals surface area contributed by atoms with Gasteiger partial charge in [0.2, 0.25) is 0 Å². The fourth-order valence-electron chi connectivity index (χ4n) is 3.06. The summed E-state index contributed by atoms with van der Waals surface area (Å²) in [6.45, 7) is 2.37. The van der Waals surface area contributed by atoms with Crippen molar-refractivity contribution in [1.29, 1.82) is 0 Å². The van der Waals surface area contributed by atoms with Crippen molar-refractivity contribution in [3.63, 3.8) is 0 Å². The molecule has 2 amide bonds. The molecule has 3 rings (SSSR count). The Morgan fingerprint density at radius 1 is 1.15 bits per heavy atom. The van der Waals surface area contributed by atoms with Crippen molar-refractivity contribution in [1.82, 2.24) is 10.2 Å². The van der Waals surface area contributed by atoms with Crippen LogP contribution < -0.4 is 10.6 Å². The maximum atomic E-state index is 13.0. The Hall–Kier alpha value is -1.27. The lowest BCUT2D eigenvalue weighted by molar-refractivity contribution is 0.166. The summed E-state index contributed by atoms with van der Waals surface area (Å²) in [7, 11) is 0. The lowest BCUT2D eigenvalue weighted by atomic mass is 10.0. The highest BCUT2D eigenvalue weighted by molar-refractivity contribution is 9.10. The molecule has 2 N–H and O–H groups in total. The molecule has 0 aromatic heterocycles. The molecule has 2 aromatic rings. The second-order valence-corrected chi connectivity index (χ2v) is 7.93. The van der Waals surface area contributed by atoms with Crippen LogP contribution in [0.3, 0.4) is 0 Å². The second kappa shape index (κ2) is 9.09. The first-order valence-electron chi connectivity index (χ1n) is 8.51. The van der Waals surface area contributed by atoms with E-state index in [2.05, 4.69) is 26.6 Å². The summed E-state index contributed by atoms with van der Waals surface area (Å²) in [6, 6.07) is 13.1. The van der Waals surface area contributed by atoms with Gasteiger partial charge in [-0.3, -0.25) is 0 Å². The molecule has 2 aromatic carbocycles. The first kappa shape index (κ1) is 19.5. The number of hydrogen-bond donors (Lipinski definition) is 2. The molecule has 1 saturated heterocycles. The summed E-state index contributed by atoms with van der Waals surface area (Å²) in [6.07, 6.45) is 1.86. The van der Waals surface area contributed by atoms with E-state index < -0.39 is 0 Å². The summed E-state index contributed by atoms with van der Waals surface area (Å²) >= 11 is 15.6. The molecule has 0 atom stereocenters. The minimum absolute atomic E-state index is 0.133. The predicted molar refractivity (Wildman–Crippen MR) is 111 cm³/mol. The molecular weight excluding hydrogens is 437 g/mol. The molecular formula is C19H20BrCl2N3O. The highest BCUT2D eigenvalue weighted by atomic mass is 79.9. The van der Waals surface area contributed by atoms with Crippen LogP contribution in [0.5, 0.6) is 0 Å². The Balaban J connectivity index is 1.80. The number of anilines is 1. The minimum atomic E-state index is -0.133. The van der Waals surface area contributed by atoms with Crippen LogP contribution in [-0.4, -0.2) is 30.1 Å². The molecule has 0 aliphatic carbocycles. The molecule has 1 fully saturated rings. The van der Waals surface area contributed by atoms with Gasteiger partial charge in [0.1, 0.15) is 0 Å². The van der Waals surface area contributed by atoms with E-state index >= 15 is 0 Å². The summed E-state index contributed by atoms with van der Waals surface area (Å²) < 4.78 is 1.00. The van der Waals surface area contributed by atoms with E-state index in [9.17, 15) is 4.79 Å². The van der Waals surface area contributed by atoms with Crippen LogP contribution in [0.25, 0.3) is 0 Å². The summed E-state index contributed by atoms with van der Waals surface area (Å²) in [4.78, 5) is 14.9. The van der Waals surface area contributed by atoms with Gasteiger partial charge in [0.05, 0.1) is 10.0 Å². The number of hydrogen-bond acceptors (Lipinski definition) is 2. The van der Waals surface area contributed by atoms with Crippen LogP contribution in [0.4, 0.5) is 10.5 Å². The normalized spacial score (nSPS) is 14.9. The van der Waals surface area contributed by atoms with Gasteiger partial charge in [-0.15, -0.1) is 0 Å². The largest absolute Gasteiger partial charge is 0.322 e. The zero-order chi connectivity index (χ0) is 18.5. The lowest BCUT2D eigenvalue weighted by Gasteiger charge is -2.35. The maximum Gasteiger partial charge on any atom is 0.322 e. The van der Waals surface area contributed by atoms with Crippen molar-refractivity contribution in [2.75, 3.05) is 18.4 Å². The van der Waals surface area contributed by atoms with Gasteiger partial charge in [0.15, 0.2) is 0 Å². The van der Waals surface area contributed by atoms with Gasteiger partial charge in [-0.05, 0) is 55.8 Å². The van der Waals surface area contributed by atoms with Crippen LogP contribution in [-0.2, 0) is 6.54 Å². The third-order valence-corrected chi connectivity index (χ3v) is 5.99. The van der Waals surface area contributed by atoms with Crippen molar-refractivity contribution in [3.8, 4) is 0 Å². The van der Waals surface area contributed by atoms with Crippen molar-refractivity contribution in [3.05, 3.63) is 62.5 Å². The number of halogens is 3. The van der Waals surface area contributed by atoms with Crippen molar-refractivity contribution >= 4 is 50.9 Å².